The number of benzene rings is 1. The minimum Gasteiger partial charge on any atom is -0.488 e. The van der Waals surface area contributed by atoms with Gasteiger partial charge in [0.05, 0.1) is 0 Å². The summed E-state index contributed by atoms with van der Waals surface area (Å²) in [4.78, 5) is 12.3. The van der Waals surface area contributed by atoms with Gasteiger partial charge in [-0.1, -0.05) is 6.07 Å². The second-order valence-corrected chi connectivity index (χ2v) is 5.34. The fourth-order valence-corrected chi connectivity index (χ4v) is 2.24. The summed E-state index contributed by atoms with van der Waals surface area (Å²) in [6.07, 6.45) is -20.4. The first-order valence-electron chi connectivity index (χ1n) is 6.99. The Labute approximate surface area is 141 Å². The van der Waals surface area contributed by atoms with E-state index in [4.69, 9.17) is 4.74 Å². The zero-order valence-electron chi connectivity index (χ0n) is 12.7. The first-order valence-corrected chi connectivity index (χ1v) is 6.99. The third-order valence-electron chi connectivity index (χ3n) is 3.35. The van der Waals surface area contributed by atoms with Gasteiger partial charge >= 0.3 is 18.4 Å². The summed E-state index contributed by atoms with van der Waals surface area (Å²) in [5, 5.41) is 0. The smallest absolute Gasteiger partial charge is 0.434 e. The van der Waals surface area contributed by atoms with Crippen molar-refractivity contribution in [2.45, 2.75) is 38.0 Å². The molecule has 1 amide bonds. The van der Waals surface area contributed by atoms with Gasteiger partial charge in [-0.05, 0) is 23.3 Å². The molecule has 1 aromatic rings. The predicted octanol–water partition coefficient (Wildman–Crippen LogP) is 4.28. The minimum absolute atomic E-state index is 0.0303. The van der Waals surface area contributed by atoms with Crippen LogP contribution in [0.1, 0.15) is 11.1 Å². The van der Waals surface area contributed by atoms with Crippen LogP contribution in [0.15, 0.2) is 18.2 Å². The number of rotatable bonds is 4. The fourth-order valence-electron chi connectivity index (χ4n) is 2.24. The normalized spacial score (nSPS) is 14.8. The maximum Gasteiger partial charge on any atom is 0.434 e. The quantitative estimate of drug-likeness (QED) is 0.717. The van der Waals surface area contributed by atoms with E-state index < -0.39 is 37.6 Å². The maximum atomic E-state index is 12.4. The van der Waals surface area contributed by atoms with Gasteiger partial charge in [-0.15, -0.1) is 0 Å². The van der Waals surface area contributed by atoms with Crippen LogP contribution in [0.2, 0.25) is 0 Å². The van der Waals surface area contributed by atoms with Crippen LogP contribution >= 0.6 is 0 Å². The number of halogens is 8. The number of amides is 1. The molecule has 1 aliphatic heterocycles. The Kier molecular flexibility index (Phi) is 5.52. The third-order valence-corrected chi connectivity index (χ3v) is 3.35. The molecule has 0 radical (unpaired) electrons. The van der Waals surface area contributed by atoms with Crippen LogP contribution in [-0.2, 0) is 17.8 Å². The second kappa shape index (κ2) is 7.16. The van der Waals surface area contributed by atoms with Gasteiger partial charge < -0.3 is 9.47 Å². The molecule has 0 bridgehead atoms. The van der Waals surface area contributed by atoms with Crippen molar-refractivity contribution in [3.63, 3.8) is 0 Å². The zero-order valence-corrected chi connectivity index (χ0v) is 12.7. The molecular formula is C14H11F8NO3. The average Bonchev–Trinajstić information content (AvgIpc) is 2.91. The van der Waals surface area contributed by atoms with Gasteiger partial charge in [0.1, 0.15) is 12.4 Å². The van der Waals surface area contributed by atoms with Crippen molar-refractivity contribution in [2.24, 2.45) is 0 Å². The lowest BCUT2D eigenvalue weighted by Crippen LogP contribution is -2.47. The molecule has 1 aliphatic rings. The van der Waals surface area contributed by atoms with Crippen molar-refractivity contribution in [1.29, 1.82) is 0 Å². The predicted molar refractivity (Wildman–Crippen MR) is 69.6 cm³/mol. The number of carbonyl (C=O) groups is 1. The molecule has 146 valence electrons. The first-order chi connectivity index (χ1) is 11.9. The van der Waals surface area contributed by atoms with Crippen molar-refractivity contribution in [2.75, 3.05) is 6.61 Å². The van der Waals surface area contributed by atoms with Crippen LogP contribution in [0.5, 0.6) is 5.75 Å². The molecule has 0 aromatic heterocycles. The lowest BCUT2D eigenvalue weighted by molar-refractivity contribution is -0.308. The molecule has 4 nitrogen and oxygen atoms in total. The maximum absolute atomic E-state index is 12.4. The van der Waals surface area contributed by atoms with E-state index in [0.717, 1.165) is 0 Å². The van der Waals surface area contributed by atoms with Gasteiger partial charge in [-0.2, -0.15) is 26.3 Å². The Morgan fingerprint density at radius 2 is 1.62 bits per heavy atom. The summed E-state index contributed by atoms with van der Waals surface area (Å²) >= 11 is 0. The van der Waals surface area contributed by atoms with Gasteiger partial charge in [0.25, 0.3) is 12.5 Å². The van der Waals surface area contributed by atoms with Crippen LogP contribution in [0, 0.1) is 0 Å². The molecular weight excluding hydrogens is 382 g/mol. The summed E-state index contributed by atoms with van der Waals surface area (Å²) in [5.41, 5.74) is 0.756. The number of hydrogen-bond donors (Lipinski definition) is 0. The minimum atomic E-state index is -5.81. The molecule has 12 heteroatoms. The number of fused-ring (bicyclic) bond motifs is 1. The van der Waals surface area contributed by atoms with Gasteiger partial charge in [0, 0.05) is 13.1 Å². The number of alkyl halides is 8. The highest BCUT2D eigenvalue weighted by atomic mass is 19.4. The number of ether oxygens (including phenoxy) is 2. The van der Waals surface area contributed by atoms with Crippen LogP contribution < -0.4 is 4.74 Å². The van der Waals surface area contributed by atoms with E-state index in [9.17, 15) is 39.9 Å². The van der Waals surface area contributed by atoms with Gasteiger partial charge in [0.15, 0.2) is 0 Å². The molecule has 26 heavy (non-hydrogen) atoms. The van der Waals surface area contributed by atoms with E-state index in [0.29, 0.717) is 16.0 Å². The van der Waals surface area contributed by atoms with Crippen LogP contribution in [0.25, 0.3) is 0 Å². The molecule has 0 aliphatic carbocycles. The Balaban J connectivity index is 2.05. The first kappa shape index (κ1) is 20.0. The van der Waals surface area contributed by atoms with Crippen LogP contribution in [0.3, 0.4) is 0 Å². The van der Waals surface area contributed by atoms with Gasteiger partial charge in [-0.3, -0.25) is 4.90 Å². The van der Waals surface area contributed by atoms with Crippen molar-refractivity contribution in [3.05, 3.63) is 29.3 Å². The number of nitrogens with zero attached hydrogens (tertiary/aromatic N) is 1. The summed E-state index contributed by atoms with van der Waals surface area (Å²) in [5.74, 6) is 0.0303. The SMILES string of the molecule is O=C(OC(C(F)(F)F)C(F)(F)F)N1Cc2ccc(OCC(F)F)cc2C1. The number of hydrogen-bond acceptors (Lipinski definition) is 3. The largest absolute Gasteiger partial charge is 0.488 e. The summed E-state index contributed by atoms with van der Waals surface area (Å²) in [6, 6.07) is 3.94. The zero-order chi connectivity index (χ0) is 19.7. The van der Waals surface area contributed by atoms with Crippen molar-refractivity contribution in [1.82, 2.24) is 4.90 Å². The van der Waals surface area contributed by atoms with Crippen molar-refractivity contribution >= 4 is 6.09 Å². The molecule has 0 unspecified atom stereocenters. The molecule has 0 saturated carbocycles. The standard InChI is InChI=1S/C14H11F8NO3/c15-10(16)6-25-9-2-1-7-4-23(5-8(7)3-9)12(24)26-11(13(17,18)19)14(20,21)22/h1-3,10-11H,4-6H2. The second-order valence-electron chi connectivity index (χ2n) is 5.34. The van der Waals surface area contributed by atoms with E-state index in [1.54, 1.807) is 0 Å². The monoisotopic (exact) mass is 393 g/mol. The highest BCUT2D eigenvalue weighted by molar-refractivity contribution is 5.69. The summed E-state index contributed by atoms with van der Waals surface area (Å²) in [7, 11) is 0. The molecule has 1 heterocycles. The Morgan fingerprint density at radius 3 is 2.15 bits per heavy atom. The Hall–Kier alpha value is -2.27. The molecule has 0 saturated heterocycles. The molecule has 1 aromatic carbocycles. The summed E-state index contributed by atoms with van der Waals surface area (Å²) < 4.78 is 107. The van der Waals surface area contributed by atoms with Crippen LogP contribution in [0.4, 0.5) is 39.9 Å². The molecule has 0 N–H and O–H groups in total. The van der Waals surface area contributed by atoms with E-state index >= 15 is 0 Å². The van der Waals surface area contributed by atoms with Crippen LogP contribution in [-0.4, -0.2) is 42.5 Å². The fraction of sp³-hybridized carbons (Fsp3) is 0.500. The van der Waals surface area contributed by atoms with E-state index in [2.05, 4.69) is 4.74 Å². The van der Waals surface area contributed by atoms with E-state index in [1.807, 2.05) is 0 Å². The number of carbonyl (C=O) groups excluding carboxylic acids is 1. The molecule has 2 rings (SSSR count). The Bertz CT molecular complexity index is 645. The van der Waals surface area contributed by atoms with Crippen molar-refractivity contribution < 1.29 is 49.4 Å². The lowest BCUT2D eigenvalue weighted by atomic mass is 10.1. The molecule has 0 fully saturated rings. The van der Waals surface area contributed by atoms with E-state index in [-0.39, 0.29) is 18.8 Å². The molecule has 0 spiro atoms. The topological polar surface area (TPSA) is 38.8 Å². The van der Waals surface area contributed by atoms with Gasteiger partial charge in [0.2, 0.25) is 0 Å². The molecule has 0 atom stereocenters. The highest BCUT2D eigenvalue weighted by Crippen LogP contribution is 2.37. The van der Waals surface area contributed by atoms with Gasteiger partial charge in [-0.25, -0.2) is 13.6 Å². The summed E-state index contributed by atoms with van der Waals surface area (Å²) in [6.45, 7) is -1.52. The Morgan fingerprint density at radius 1 is 1.04 bits per heavy atom. The van der Waals surface area contributed by atoms with E-state index in [1.165, 1.54) is 18.2 Å². The average molecular weight is 393 g/mol. The lowest BCUT2D eigenvalue weighted by Gasteiger charge is -2.25. The third kappa shape index (κ3) is 4.88. The highest BCUT2D eigenvalue weighted by Gasteiger charge is 2.60. The van der Waals surface area contributed by atoms with Crippen molar-refractivity contribution in [3.8, 4) is 5.75 Å².